The third kappa shape index (κ3) is 2.51. The van der Waals surface area contributed by atoms with Gasteiger partial charge >= 0.3 is 0 Å². The highest BCUT2D eigenvalue weighted by atomic mass is 35.5. The smallest absolute Gasteiger partial charge is 0.224 e. The summed E-state index contributed by atoms with van der Waals surface area (Å²) in [4.78, 5) is 4.63. The van der Waals surface area contributed by atoms with E-state index in [1.54, 1.807) is 0 Å². The second kappa shape index (κ2) is 5.43. The average molecular weight is 289 g/mol. The van der Waals surface area contributed by atoms with Crippen molar-refractivity contribution in [2.24, 2.45) is 5.73 Å². The molecule has 0 spiro atoms. The van der Waals surface area contributed by atoms with Crippen LogP contribution in [-0.4, -0.2) is 4.98 Å². The van der Waals surface area contributed by atoms with Gasteiger partial charge in [-0.25, -0.2) is 4.98 Å². The van der Waals surface area contributed by atoms with Gasteiger partial charge in [0.15, 0.2) is 0 Å². The monoisotopic (exact) mass is 288 g/mol. The van der Waals surface area contributed by atoms with Crippen molar-refractivity contribution >= 4 is 11.6 Å². The zero-order chi connectivity index (χ0) is 14.1. The molecule has 0 aliphatic heterocycles. The van der Waals surface area contributed by atoms with E-state index in [0.29, 0.717) is 23.2 Å². The summed E-state index contributed by atoms with van der Waals surface area (Å²) in [5.74, 6) is 1.22. The molecule has 1 aliphatic carbocycles. The second-order valence-electron chi connectivity index (χ2n) is 5.15. The van der Waals surface area contributed by atoms with E-state index in [1.807, 2.05) is 25.1 Å². The Hall–Kier alpha value is -1.58. The summed E-state index contributed by atoms with van der Waals surface area (Å²) in [6, 6.07) is 7.82. The molecule has 0 saturated heterocycles. The van der Waals surface area contributed by atoms with Crippen molar-refractivity contribution in [1.82, 2.24) is 4.98 Å². The molecular weight excluding hydrogens is 272 g/mol. The lowest BCUT2D eigenvalue weighted by molar-refractivity contribution is 0.454. The number of fused-ring (bicyclic) bond motifs is 1. The van der Waals surface area contributed by atoms with Gasteiger partial charge in [-0.15, -0.1) is 0 Å². The Morgan fingerprint density at radius 2 is 2.15 bits per heavy atom. The van der Waals surface area contributed by atoms with Crippen LogP contribution in [0.5, 0.6) is 11.6 Å². The summed E-state index contributed by atoms with van der Waals surface area (Å²) < 4.78 is 5.91. The molecule has 3 rings (SSSR count). The number of aromatic nitrogens is 1. The van der Waals surface area contributed by atoms with Crippen LogP contribution in [0.2, 0.25) is 5.02 Å². The Labute approximate surface area is 123 Å². The maximum absolute atomic E-state index is 6.17. The summed E-state index contributed by atoms with van der Waals surface area (Å²) in [6.45, 7) is 2.42. The number of nitrogens with two attached hydrogens (primary N) is 1. The van der Waals surface area contributed by atoms with Crippen LogP contribution in [-0.2, 0) is 19.4 Å². The molecule has 104 valence electrons. The number of aryl methyl sites for hydroxylation is 3. The van der Waals surface area contributed by atoms with Crippen LogP contribution in [0.1, 0.15) is 28.8 Å². The highest BCUT2D eigenvalue weighted by Gasteiger charge is 2.17. The molecule has 2 aromatic rings. The number of hydrogen-bond donors (Lipinski definition) is 1. The Morgan fingerprint density at radius 1 is 1.30 bits per heavy atom. The molecule has 2 N–H and O–H groups in total. The Kier molecular flexibility index (Phi) is 3.64. The highest BCUT2D eigenvalue weighted by molar-refractivity contribution is 6.32. The van der Waals surface area contributed by atoms with Gasteiger partial charge in [0.25, 0.3) is 0 Å². The molecule has 0 saturated carbocycles. The molecule has 3 nitrogen and oxygen atoms in total. The van der Waals surface area contributed by atoms with E-state index in [2.05, 4.69) is 11.1 Å². The van der Waals surface area contributed by atoms with Gasteiger partial charge < -0.3 is 10.5 Å². The van der Waals surface area contributed by atoms with Crippen molar-refractivity contribution in [2.75, 3.05) is 0 Å². The molecular formula is C16H17ClN2O. The van der Waals surface area contributed by atoms with Crippen LogP contribution in [0.4, 0.5) is 0 Å². The fraction of sp³-hybridized carbons (Fsp3) is 0.312. The Balaban J connectivity index is 1.99. The van der Waals surface area contributed by atoms with Crippen molar-refractivity contribution in [3.8, 4) is 11.6 Å². The standard InChI is InChI=1S/C16H17ClN2O/c1-10-5-6-13(17)15(7-10)20-16-12(9-18)8-11-3-2-4-14(11)19-16/h5-8H,2-4,9,18H2,1H3. The number of nitrogens with zero attached hydrogens (tertiary/aromatic N) is 1. The lowest BCUT2D eigenvalue weighted by atomic mass is 10.1. The summed E-state index contributed by atoms with van der Waals surface area (Å²) in [7, 11) is 0. The molecule has 1 aromatic heterocycles. The Morgan fingerprint density at radius 3 is 2.95 bits per heavy atom. The molecule has 4 heteroatoms. The lowest BCUT2D eigenvalue weighted by Crippen LogP contribution is -2.04. The van der Waals surface area contributed by atoms with E-state index in [-0.39, 0.29) is 0 Å². The van der Waals surface area contributed by atoms with E-state index < -0.39 is 0 Å². The fourth-order valence-electron chi connectivity index (χ4n) is 2.53. The predicted molar refractivity (Wildman–Crippen MR) is 80.4 cm³/mol. The van der Waals surface area contributed by atoms with Crippen LogP contribution in [0.15, 0.2) is 24.3 Å². The van der Waals surface area contributed by atoms with Gasteiger partial charge in [0.1, 0.15) is 5.75 Å². The molecule has 20 heavy (non-hydrogen) atoms. The average Bonchev–Trinajstić information content (AvgIpc) is 2.89. The van der Waals surface area contributed by atoms with Crippen LogP contribution in [0.25, 0.3) is 0 Å². The van der Waals surface area contributed by atoms with E-state index in [1.165, 1.54) is 5.56 Å². The molecule has 0 radical (unpaired) electrons. The topological polar surface area (TPSA) is 48.1 Å². The molecule has 0 unspecified atom stereocenters. The van der Waals surface area contributed by atoms with Crippen molar-refractivity contribution < 1.29 is 4.74 Å². The highest BCUT2D eigenvalue weighted by Crippen LogP contribution is 2.33. The van der Waals surface area contributed by atoms with Gasteiger partial charge in [0, 0.05) is 17.8 Å². The molecule has 1 heterocycles. The van der Waals surface area contributed by atoms with Crippen LogP contribution < -0.4 is 10.5 Å². The molecule has 0 atom stereocenters. The number of benzene rings is 1. The molecule has 0 amide bonds. The quantitative estimate of drug-likeness (QED) is 0.935. The first-order valence-electron chi connectivity index (χ1n) is 6.83. The Bertz CT molecular complexity index is 655. The van der Waals surface area contributed by atoms with E-state index in [4.69, 9.17) is 22.1 Å². The molecule has 1 aromatic carbocycles. The maximum Gasteiger partial charge on any atom is 0.224 e. The SMILES string of the molecule is Cc1ccc(Cl)c(Oc2nc3c(cc2CN)CCC3)c1. The van der Waals surface area contributed by atoms with Crippen molar-refractivity contribution in [3.05, 3.63) is 51.7 Å². The summed E-state index contributed by atoms with van der Waals surface area (Å²) in [6.07, 6.45) is 3.25. The van der Waals surface area contributed by atoms with Gasteiger partial charge in [0.2, 0.25) is 5.88 Å². The van der Waals surface area contributed by atoms with E-state index in [0.717, 1.165) is 36.1 Å². The van der Waals surface area contributed by atoms with Crippen molar-refractivity contribution in [2.45, 2.75) is 32.7 Å². The number of ether oxygens (including phenoxy) is 1. The van der Waals surface area contributed by atoms with Gasteiger partial charge in [-0.3, -0.25) is 0 Å². The lowest BCUT2D eigenvalue weighted by Gasteiger charge is -2.12. The first-order chi connectivity index (χ1) is 9.67. The van der Waals surface area contributed by atoms with Crippen molar-refractivity contribution in [3.63, 3.8) is 0 Å². The van der Waals surface area contributed by atoms with Crippen LogP contribution in [0, 0.1) is 6.92 Å². The zero-order valence-corrected chi connectivity index (χ0v) is 12.2. The second-order valence-corrected chi connectivity index (χ2v) is 5.56. The molecule has 0 bridgehead atoms. The normalized spacial score (nSPS) is 13.3. The van der Waals surface area contributed by atoms with E-state index >= 15 is 0 Å². The molecule has 0 fully saturated rings. The predicted octanol–water partition coefficient (Wildman–Crippen LogP) is 3.78. The van der Waals surface area contributed by atoms with Crippen LogP contribution in [0.3, 0.4) is 0 Å². The third-order valence-electron chi connectivity index (χ3n) is 3.60. The van der Waals surface area contributed by atoms with E-state index in [9.17, 15) is 0 Å². The largest absolute Gasteiger partial charge is 0.437 e. The number of pyridine rings is 1. The van der Waals surface area contributed by atoms with Gasteiger partial charge in [0.05, 0.1) is 5.02 Å². The summed E-state index contributed by atoms with van der Waals surface area (Å²) >= 11 is 6.17. The summed E-state index contributed by atoms with van der Waals surface area (Å²) in [5.41, 5.74) is 10.3. The first-order valence-corrected chi connectivity index (χ1v) is 7.21. The zero-order valence-electron chi connectivity index (χ0n) is 11.4. The van der Waals surface area contributed by atoms with Gasteiger partial charge in [-0.1, -0.05) is 17.7 Å². The minimum atomic E-state index is 0.416. The fourth-order valence-corrected chi connectivity index (χ4v) is 2.68. The molecule has 1 aliphatic rings. The number of rotatable bonds is 3. The number of halogens is 1. The number of hydrogen-bond acceptors (Lipinski definition) is 3. The first kappa shape index (κ1) is 13.4. The van der Waals surface area contributed by atoms with Crippen LogP contribution >= 0.6 is 11.6 Å². The van der Waals surface area contributed by atoms with Crippen molar-refractivity contribution in [1.29, 1.82) is 0 Å². The minimum absolute atomic E-state index is 0.416. The summed E-state index contributed by atoms with van der Waals surface area (Å²) in [5, 5.41) is 0.584. The third-order valence-corrected chi connectivity index (χ3v) is 3.92. The van der Waals surface area contributed by atoms with Gasteiger partial charge in [-0.2, -0.15) is 0 Å². The maximum atomic E-state index is 6.17. The minimum Gasteiger partial charge on any atom is -0.437 e. The van der Waals surface area contributed by atoms with Gasteiger partial charge in [-0.05, 0) is 55.5 Å².